The van der Waals surface area contributed by atoms with Crippen molar-refractivity contribution in [3.63, 3.8) is 0 Å². The van der Waals surface area contributed by atoms with E-state index in [1.165, 1.54) is 6.20 Å². The third-order valence-corrected chi connectivity index (χ3v) is 3.88. The summed E-state index contributed by atoms with van der Waals surface area (Å²) in [6.07, 6.45) is 1.33. The normalized spacial score (nSPS) is 20.2. The van der Waals surface area contributed by atoms with Gasteiger partial charge in [0.25, 0.3) is 5.69 Å². The first-order valence-electron chi connectivity index (χ1n) is 7.50. The van der Waals surface area contributed by atoms with Crippen molar-refractivity contribution in [1.29, 1.82) is 0 Å². The average Bonchev–Trinajstić information content (AvgIpc) is 2.36. The molecule has 1 saturated heterocycles. The van der Waals surface area contributed by atoms with E-state index >= 15 is 0 Å². The zero-order chi connectivity index (χ0) is 16.5. The van der Waals surface area contributed by atoms with Crippen LogP contribution in [0, 0.1) is 17.0 Å². The van der Waals surface area contributed by atoms with Crippen molar-refractivity contribution in [2.75, 3.05) is 31.1 Å². The van der Waals surface area contributed by atoms with Crippen molar-refractivity contribution >= 4 is 11.5 Å². The monoisotopic (exact) mass is 308 g/mol. The van der Waals surface area contributed by atoms with Crippen molar-refractivity contribution < 1.29 is 10.0 Å². The van der Waals surface area contributed by atoms with E-state index in [9.17, 15) is 15.2 Å². The van der Waals surface area contributed by atoms with Gasteiger partial charge in [-0.25, -0.2) is 4.98 Å². The Hall–Kier alpha value is -1.73. The first-order valence-corrected chi connectivity index (χ1v) is 7.50. The number of piperazine rings is 1. The Morgan fingerprint density at radius 1 is 1.50 bits per heavy atom. The van der Waals surface area contributed by atoms with Crippen molar-refractivity contribution in [1.82, 2.24) is 9.88 Å². The van der Waals surface area contributed by atoms with Crippen LogP contribution in [0.5, 0.6) is 0 Å². The van der Waals surface area contributed by atoms with E-state index in [0.29, 0.717) is 12.1 Å². The van der Waals surface area contributed by atoms with Crippen LogP contribution >= 0.6 is 0 Å². The van der Waals surface area contributed by atoms with Crippen LogP contribution in [0.3, 0.4) is 0 Å². The first kappa shape index (κ1) is 16.6. The molecule has 1 aliphatic rings. The van der Waals surface area contributed by atoms with Crippen LogP contribution in [0.15, 0.2) is 12.3 Å². The lowest BCUT2D eigenvalue weighted by atomic mass is 10.1. The molecule has 1 aromatic heterocycles. The van der Waals surface area contributed by atoms with E-state index in [1.54, 1.807) is 13.0 Å². The summed E-state index contributed by atoms with van der Waals surface area (Å²) in [5.74, 6) is 0.776. The summed E-state index contributed by atoms with van der Waals surface area (Å²) in [5.41, 5.74) is -0.0254. The lowest BCUT2D eigenvalue weighted by molar-refractivity contribution is -0.385. The highest BCUT2D eigenvalue weighted by Crippen LogP contribution is 2.24. The van der Waals surface area contributed by atoms with Crippen molar-refractivity contribution in [3.8, 4) is 0 Å². The van der Waals surface area contributed by atoms with Gasteiger partial charge in [-0.15, -0.1) is 0 Å². The Labute approximate surface area is 130 Å². The number of hydrogen-bond donors (Lipinski definition) is 1. The molecule has 1 fully saturated rings. The topological polar surface area (TPSA) is 82.7 Å². The van der Waals surface area contributed by atoms with E-state index in [0.717, 1.165) is 25.5 Å². The fraction of sp³-hybridized carbons (Fsp3) is 0.667. The van der Waals surface area contributed by atoms with Crippen LogP contribution in [0.1, 0.15) is 26.3 Å². The number of nitro groups is 1. The highest BCUT2D eigenvalue weighted by Gasteiger charge is 2.28. The van der Waals surface area contributed by atoms with Crippen LogP contribution < -0.4 is 4.90 Å². The molecule has 0 bridgehead atoms. The zero-order valence-electron chi connectivity index (χ0n) is 13.6. The molecule has 0 aromatic carbocycles. The van der Waals surface area contributed by atoms with Crippen LogP contribution in [0.4, 0.5) is 11.5 Å². The molecule has 0 amide bonds. The van der Waals surface area contributed by atoms with Crippen molar-refractivity contribution in [3.05, 3.63) is 27.9 Å². The highest BCUT2D eigenvalue weighted by molar-refractivity contribution is 5.49. The van der Waals surface area contributed by atoms with Crippen LogP contribution in [-0.2, 0) is 0 Å². The maximum Gasteiger partial charge on any atom is 0.290 e. The highest BCUT2D eigenvalue weighted by atomic mass is 16.6. The summed E-state index contributed by atoms with van der Waals surface area (Å²) in [5, 5.41) is 20.8. The third-order valence-electron chi connectivity index (χ3n) is 3.88. The first-order chi connectivity index (χ1) is 10.2. The van der Waals surface area contributed by atoms with Gasteiger partial charge in [-0.3, -0.25) is 15.0 Å². The quantitative estimate of drug-likeness (QED) is 0.671. The number of aromatic nitrogens is 1. The minimum Gasteiger partial charge on any atom is -0.389 e. The minimum absolute atomic E-state index is 0.0528. The van der Waals surface area contributed by atoms with Gasteiger partial charge in [0.05, 0.1) is 10.5 Å². The summed E-state index contributed by atoms with van der Waals surface area (Å²) in [4.78, 5) is 19.1. The Balaban J connectivity index is 2.09. The predicted octanol–water partition coefficient (Wildman–Crippen LogP) is 1.58. The molecule has 1 unspecified atom stereocenters. The number of aliphatic hydroxyl groups is 1. The van der Waals surface area contributed by atoms with Gasteiger partial charge in [0.15, 0.2) is 0 Å². The second-order valence-electron chi connectivity index (χ2n) is 6.68. The van der Waals surface area contributed by atoms with Gasteiger partial charge >= 0.3 is 0 Å². The predicted molar refractivity (Wildman–Crippen MR) is 85.2 cm³/mol. The number of hydrogen-bond acceptors (Lipinski definition) is 6. The molecule has 1 aliphatic heterocycles. The summed E-state index contributed by atoms with van der Waals surface area (Å²) >= 11 is 0. The molecule has 0 spiro atoms. The molecule has 7 heteroatoms. The second kappa shape index (κ2) is 6.18. The zero-order valence-corrected chi connectivity index (χ0v) is 13.6. The van der Waals surface area contributed by atoms with Crippen LogP contribution in [-0.4, -0.2) is 57.7 Å². The van der Waals surface area contributed by atoms with Crippen LogP contribution in [0.25, 0.3) is 0 Å². The van der Waals surface area contributed by atoms with Gasteiger partial charge in [-0.1, -0.05) is 0 Å². The van der Waals surface area contributed by atoms with Gasteiger partial charge in [0.1, 0.15) is 12.0 Å². The SMILES string of the molecule is Cc1cc(N2CCN(CC(C)(C)O)CC2C)ncc1[N+](=O)[O-]. The van der Waals surface area contributed by atoms with Crippen molar-refractivity contribution in [2.24, 2.45) is 0 Å². The number of nitrogens with zero attached hydrogens (tertiary/aromatic N) is 4. The Bertz CT molecular complexity index is 556. The molecule has 2 rings (SSSR count). The molecule has 1 N–H and O–H groups in total. The maximum absolute atomic E-state index is 10.9. The number of rotatable bonds is 4. The summed E-state index contributed by atoms with van der Waals surface area (Å²) < 4.78 is 0. The minimum atomic E-state index is -0.704. The molecule has 7 nitrogen and oxygen atoms in total. The third kappa shape index (κ3) is 3.92. The molecule has 0 radical (unpaired) electrons. The summed E-state index contributed by atoms with van der Waals surface area (Å²) in [7, 11) is 0. The number of β-amino-alcohol motifs (C(OH)–C–C–N with tert-alkyl or cyclic N) is 1. The lowest BCUT2D eigenvalue weighted by Crippen LogP contribution is -2.55. The lowest BCUT2D eigenvalue weighted by Gasteiger charge is -2.42. The molecular formula is C15H24N4O3. The molecule has 122 valence electrons. The average molecular weight is 308 g/mol. The van der Waals surface area contributed by atoms with E-state index in [4.69, 9.17) is 0 Å². The van der Waals surface area contributed by atoms with Crippen molar-refractivity contribution in [2.45, 2.75) is 39.3 Å². The van der Waals surface area contributed by atoms with E-state index in [2.05, 4.69) is 21.7 Å². The number of pyridine rings is 1. The molecule has 1 atom stereocenters. The van der Waals surface area contributed by atoms with Gasteiger partial charge in [0.2, 0.25) is 0 Å². The maximum atomic E-state index is 10.9. The smallest absolute Gasteiger partial charge is 0.290 e. The van der Waals surface area contributed by atoms with E-state index < -0.39 is 10.5 Å². The standard InChI is InChI=1S/C15H24N4O3/c1-11-7-14(16-8-13(11)19(21)22)18-6-5-17(9-12(18)2)10-15(3,4)20/h7-8,12,20H,5-6,9-10H2,1-4H3. The van der Waals surface area contributed by atoms with E-state index in [1.807, 2.05) is 13.8 Å². The molecular weight excluding hydrogens is 284 g/mol. The Morgan fingerprint density at radius 2 is 2.18 bits per heavy atom. The summed E-state index contributed by atoms with van der Waals surface area (Å²) in [6, 6.07) is 2.02. The molecule has 0 saturated carbocycles. The van der Waals surface area contributed by atoms with Gasteiger partial charge < -0.3 is 10.0 Å². The number of aryl methyl sites for hydroxylation is 1. The summed E-state index contributed by atoms with van der Waals surface area (Å²) in [6.45, 7) is 10.6. The Morgan fingerprint density at radius 3 is 2.68 bits per heavy atom. The second-order valence-corrected chi connectivity index (χ2v) is 6.68. The van der Waals surface area contributed by atoms with Crippen LogP contribution in [0.2, 0.25) is 0 Å². The molecule has 0 aliphatic carbocycles. The van der Waals surface area contributed by atoms with Gasteiger partial charge in [0, 0.05) is 37.8 Å². The largest absolute Gasteiger partial charge is 0.389 e. The molecule has 2 heterocycles. The molecule has 22 heavy (non-hydrogen) atoms. The fourth-order valence-electron chi connectivity index (χ4n) is 2.95. The van der Waals surface area contributed by atoms with Gasteiger partial charge in [-0.2, -0.15) is 0 Å². The molecule has 1 aromatic rings. The van der Waals surface area contributed by atoms with Gasteiger partial charge in [-0.05, 0) is 33.8 Å². The fourth-order valence-corrected chi connectivity index (χ4v) is 2.95. The Kier molecular flexibility index (Phi) is 4.67. The number of anilines is 1. The van der Waals surface area contributed by atoms with E-state index in [-0.39, 0.29) is 11.7 Å².